The minimum absolute atomic E-state index is 0.213. The average molecular weight is 332 g/mol. The van der Waals surface area contributed by atoms with E-state index >= 15 is 0 Å². The van der Waals surface area contributed by atoms with Crippen molar-refractivity contribution in [2.24, 2.45) is 0 Å². The first-order valence-corrected chi connectivity index (χ1v) is 6.71. The van der Waals surface area contributed by atoms with Crippen molar-refractivity contribution in [3.63, 3.8) is 0 Å². The highest BCUT2D eigenvalue weighted by atomic mass is 79.9. The zero-order valence-electron chi connectivity index (χ0n) is 10.5. The van der Waals surface area contributed by atoms with Crippen LogP contribution < -0.4 is 0 Å². The highest BCUT2D eigenvalue weighted by Crippen LogP contribution is 2.26. The third-order valence-corrected chi connectivity index (χ3v) is 4.12. The fraction of sp³-hybridized carbons (Fsp3) is 0.0714. The summed E-state index contributed by atoms with van der Waals surface area (Å²) < 4.78 is 2.55. The minimum Gasteiger partial charge on any atom is -0.478 e. The van der Waals surface area contributed by atoms with E-state index in [4.69, 9.17) is 5.11 Å². The first-order valence-electron chi connectivity index (χ1n) is 5.92. The van der Waals surface area contributed by atoms with Gasteiger partial charge < -0.3 is 5.11 Å². The molecular weight excluding hydrogens is 322 g/mol. The molecule has 0 fully saturated rings. The lowest BCUT2D eigenvalue weighted by Crippen LogP contribution is -2.00. The van der Waals surface area contributed by atoms with Gasteiger partial charge in [-0.25, -0.2) is 9.48 Å². The zero-order valence-corrected chi connectivity index (χ0v) is 12.1. The molecule has 0 unspecified atom stereocenters. The quantitative estimate of drug-likeness (QED) is 0.783. The van der Waals surface area contributed by atoms with Gasteiger partial charge in [-0.05, 0) is 52.7 Å². The summed E-state index contributed by atoms with van der Waals surface area (Å²) in [6.45, 7) is 1.98. The van der Waals surface area contributed by atoms with E-state index in [0.29, 0.717) is 11.0 Å². The maximum absolute atomic E-state index is 11.1. The Balaban J connectivity index is 2.28. The first kappa shape index (κ1) is 12.8. The summed E-state index contributed by atoms with van der Waals surface area (Å²) in [6, 6.07) is 10.6. The number of aromatic carboxylic acids is 1. The lowest BCUT2D eigenvalue weighted by Gasteiger charge is -2.07. The van der Waals surface area contributed by atoms with Gasteiger partial charge >= 0.3 is 5.97 Å². The van der Waals surface area contributed by atoms with Gasteiger partial charge in [0, 0.05) is 4.47 Å². The minimum atomic E-state index is -0.969. The molecule has 3 rings (SSSR count). The van der Waals surface area contributed by atoms with Crippen molar-refractivity contribution in [2.45, 2.75) is 6.92 Å². The predicted octanol–water partition coefficient (Wildman–Crippen LogP) is 3.19. The molecule has 6 heteroatoms. The van der Waals surface area contributed by atoms with Crippen LogP contribution in [0.25, 0.3) is 16.7 Å². The van der Waals surface area contributed by atoms with Crippen LogP contribution in [0.5, 0.6) is 0 Å². The number of hydrogen-bond acceptors (Lipinski definition) is 3. The Kier molecular flexibility index (Phi) is 3.02. The summed E-state index contributed by atoms with van der Waals surface area (Å²) in [5, 5.41) is 17.3. The maximum Gasteiger partial charge on any atom is 0.335 e. The number of halogens is 1. The van der Waals surface area contributed by atoms with Crippen molar-refractivity contribution in [3.8, 4) is 5.69 Å². The van der Waals surface area contributed by atoms with Crippen molar-refractivity contribution in [2.75, 3.05) is 0 Å². The molecule has 0 spiro atoms. The van der Waals surface area contributed by atoms with E-state index in [-0.39, 0.29) is 5.56 Å². The van der Waals surface area contributed by atoms with Gasteiger partial charge in [0.15, 0.2) is 0 Å². The number of rotatable bonds is 2. The molecule has 0 atom stereocenters. The molecule has 0 radical (unpaired) electrons. The second kappa shape index (κ2) is 4.72. The number of carbonyl (C=O) groups is 1. The third-order valence-electron chi connectivity index (χ3n) is 3.09. The molecule has 1 aromatic heterocycles. The van der Waals surface area contributed by atoms with Gasteiger partial charge in [-0.3, -0.25) is 0 Å². The van der Waals surface area contributed by atoms with Crippen LogP contribution in [0.1, 0.15) is 15.9 Å². The molecule has 1 N–H and O–H groups in total. The monoisotopic (exact) mass is 331 g/mol. The van der Waals surface area contributed by atoms with Crippen molar-refractivity contribution >= 4 is 32.9 Å². The van der Waals surface area contributed by atoms with Crippen LogP contribution >= 0.6 is 15.9 Å². The molecule has 3 aromatic rings. The van der Waals surface area contributed by atoms with E-state index in [1.807, 2.05) is 25.1 Å². The topological polar surface area (TPSA) is 68.0 Å². The number of nitrogens with zero attached hydrogens (tertiary/aromatic N) is 3. The Hall–Kier alpha value is -2.21. The van der Waals surface area contributed by atoms with E-state index < -0.39 is 5.97 Å². The number of aromatic nitrogens is 3. The average Bonchev–Trinajstić information content (AvgIpc) is 2.84. The van der Waals surface area contributed by atoms with Crippen LogP contribution in [0, 0.1) is 6.92 Å². The summed E-state index contributed by atoms with van der Waals surface area (Å²) in [6.07, 6.45) is 0. The Labute approximate surface area is 123 Å². The number of aryl methyl sites for hydroxylation is 1. The molecule has 100 valence electrons. The normalized spacial score (nSPS) is 10.9. The number of benzene rings is 2. The number of carboxylic acids is 1. The van der Waals surface area contributed by atoms with Gasteiger partial charge in [0.25, 0.3) is 0 Å². The van der Waals surface area contributed by atoms with Crippen LogP contribution in [0.2, 0.25) is 0 Å². The molecular formula is C14H10BrN3O2. The highest BCUT2D eigenvalue weighted by molar-refractivity contribution is 9.10. The van der Waals surface area contributed by atoms with E-state index in [2.05, 4.69) is 26.2 Å². The number of fused-ring (bicyclic) bond motifs is 1. The Morgan fingerprint density at radius 1 is 1.30 bits per heavy atom. The molecule has 2 aromatic carbocycles. The lowest BCUT2D eigenvalue weighted by molar-refractivity contribution is 0.0697. The largest absolute Gasteiger partial charge is 0.478 e. The van der Waals surface area contributed by atoms with E-state index in [1.165, 1.54) is 6.07 Å². The fourth-order valence-corrected chi connectivity index (χ4v) is 2.46. The van der Waals surface area contributed by atoms with Crippen molar-refractivity contribution in [3.05, 3.63) is 52.0 Å². The van der Waals surface area contributed by atoms with Gasteiger partial charge in [0.05, 0.1) is 16.8 Å². The Bertz CT molecular complexity index is 826. The smallest absolute Gasteiger partial charge is 0.335 e. The summed E-state index contributed by atoms with van der Waals surface area (Å²) in [4.78, 5) is 11.1. The Morgan fingerprint density at radius 3 is 2.85 bits per heavy atom. The molecule has 20 heavy (non-hydrogen) atoms. The number of carboxylic acid groups (broad SMARTS) is 1. The molecule has 0 aliphatic heterocycles. The second-order valence-electron chi connectivity index (χ2n) is 4.42. The number of hydrogen-bond donors (Lipinski definition) is 1. The summed E-state index contributed by atoms with van der Waals surface area (Å²) in [7, 11) is 0. The summed E-state index contributed by atoms with van der Waals surface area (Å²) >= 11 is 3.53. The Morgan fingerprint density at radius 2 is 2.10 bits per heavy atom. The van der Waals surface area contributed by atoms with Crippen LogP contribution in [-0.2, 0) is 0 Å². The first-order chi connectivity index (χ1) is 9.58. The van der Waals surface area contributed by atoms with Crippen molar-refractivity contribution in [1.29, 1.82) is 0 Å². The molecule has 0 aliphatic carbocycles. The van der Waals surface area contributed by atoms with Crippen LogP contribution in [0.4, 0.5) is 0 Å². The van der Waals surface area contributed by atoms with Crippen molar-refractivity contribution < 1.29 is 9.90 Å². The second-order valence-corrected chi connectivity index (χ2v) is 5.21. The molecule has 0 saturated carbocycles. The molecule has 0 aliphatic rings. The van der Waals surface area contributed by atoms with Crippen LogP contribution in [0.3, 0.4) is 0 Å². The van der Waals surface area contributed by atoms with Gasteiger partial charge in [-0.1, -0.05) is 17.3 Å². The fourth-order valence-electron chi connectivity index (χ4n) is 2.03. The molecule has 0 bridgehead atoms. The third kappa shape index (κ3) is 1.98. The standard InChI is InChI=1S/C14H10BrN3O2/c1-8-3-2-4-11(13(8)15)18-12-7-9(14(19)20)5-6-10(12)16-17-18/h2-7H,1H3,(H,19,20). The molecule has 5 nitrogen and oxygen atoms in total. The van der Waals surface area contributed by atoms with E-state index in [1.54, 1.807) is 16.8 Å². The van der Waals surface area contributed by atoms with E-state index in [9.17, 15) is 4.79 Å². The van der Waals surface area contributed by atoms with Crippen LogP contribution in [0.15, 0.2) is 40.9 Å². The maximum atomic E-state index is 11.1. The SMILES string of the molecule is Cc1cccc(-n2nnc3ccc(C(=O)O)cc32)c1Br. The summed E-state index contributed by atoms with van der Waals surface area (Å²) in [5.74, 6) is -0.969. The van der Waals surface area contributed by atoms with E-state index in [0.717, 1.165) is 15.7 Å². The highest BCUT2D eigenvalue weighted by Gasteiger charge is 2.13. The zero-order chi connectivity index (χ0) is 14.3. The molecule has 0 saturated heterocycles. The van der Waals surface area contributed by atoms with Gasteiger partial charge in [-0.15, -0.1) is 5.10 Å². The van der Waals surface area contributed by atoms with Crippen LogP contribution in [-0.4, -0.2) is 26.1 Å². The van der Waals surface area contributed by atoms with Crippen molar-refractivity contribution in [1.82, 2.24) is 15.0 Å². The predicted molar refractivity (Wildman–Crippen MR) is 78.3 cm³/mol. The summed E-state index contributed by atoms with van der Waals surface area (Å²) in [5.41, 5.74) is 3.43. The van der Waals surface area contributed by atoms with Gasteiger partial charge in [0.2, 0.25) is 0 Å². The molecule has 1 heterocycles. The molecule has 0 amide bonds. The van der Waals surface area contributed by atoms with Gasteiger partial charge in [0.1, 0.15) is 5.52 Å². The lowest BCUT2D eigenvalue weighted by atomic mass is 10.2. The van der Waals surface area contributed by atoms with Gasteiger partial charge in [-0.2, -0.15) is 0 Å².